The number of carbonyl (C=O) groups is 2. The van der Waals surface area contributed by atoms with Crippen LogP contribution in [0.2, 0.25) is 0 Å². The van der Waals surface area contributed by atoms with Gasteiger partial charge in [0, 0.05) is 12.0 Å². The van der Waals surface area contributed by atoms with Gasteiger partial charge in [0.2, 0.25) is 0 Å². The monoisotopic (exact) mass is 382 g/mol. The van der Waals surface area contributed by atoms with Gasteiger partial charge in [-0.3, -0.25) is 4.79 Å². The van der Waals surface area contributed by atoms with Crippen LogP contribution < -0.4 is 0 Å². The molecule has 0 aliphatic rings. The lowest BCUT2D eigenvalue weighted by Crippen LogP contribution is -2.04. The molecule has 0 aliphatic carbocycles. The van der Waals surface area contributed by atoms with Gasteiger partial charge in [0.05, 0.1) is 35.1 Å². The first-order valence-corrected chi connectivity index (χ1v) is 8.84. The molecule has 1 aromatic heterocycles. The number of methoxy groups -OCH3 is 1. The van der Waals surface area contributed by atoms with E-state index in [1.807, 2.05) is 0 Å². The number of carbonyl (C=O) groups excluding carboxylic acids is 1. The number of rotatable bonds is 7. The van der Waals surface area contributed by atoms with Gasteiger partial charge in [-0.15, -0.1) is 0 Å². The third-order valence-corrected chi connectivity index (χ3v) is 4.31. The summed E-state index contributed by atoms with van der Waals surface area (Å²) in [6, 6.07) is 11.0. The van der Waals surface area contributed by atoms with Crippen molar-refractivity contribution in [2.24, 2.45) is 0 Å². The fraction of sp³-hybridized carbons (Fsp3) is 0.238. The molecule has 0 saturated carbocycles. The molecule has 0 bridgehead atoms. The van der Waals surface area contributed by atoms with Crippen molar-refractivity contribution in [1.29, 1.82) is 0 Å². The zero-order valence-corrected chi connectivity index (χ0v) is 15.3. The van der Waals surface area contributed by atoms with Gasteiger partial charge in [0.15, 0.2) is 0 Å². The number of hydrogen-bond donors (Lipinski definition) is 1. The summed E-state index contributed by atoms with van der Waals surface area (Å²) in [6.45, 7) is 0. The van der Waals surface area contributed by atoms with Crippen LogP contribution in [0.3, 0.4) is 0 Å². The molecule has 0 atom stereocenters. The summed E-state index contributed by atoms with van der Waals surface area (Å²) >= 11 is 0. The summed E-state index contributed by atoms with van der Waals surface area (Å²) in [4.78, 5) is 31.8. The first kappa shape index (κ1) is 19.4. The molecule has 0 radical (unpaired) electrons. The third kappa shape index (κ3) is 4.49. The Balaban J connectivity index is 2.03. The highest BCUT2D eigenvalue weighted by Gasteiger charge is 2.14. The standard InChI is InChI=1S/C21H19FN2O4/c1-28-21(27)14-9-10-16-18(12-14)23-17(7-2-3-8-19(25)26)20(24-16)13-5-4-6-15(22)11-13/h4-6,9-12H,2-3,7-8H2,1H3,(H,25,26). The van der Waals surface area contributed by atoms with E-state index >= 15 is 0 Å². The summed E-state index contributed by atoms with van der Waals surface area (Å²) in [5.74, 6) is -1.70. The molecule has 0 aliphatic heterocycles. The fourth-order valence-corrected chi connectivity index (χ4v) is 2.95. The molecular formula is C21H19FN2O4. The fourth-order valence-electron chi connectivity index (χ4n) is 2.95. The molecule has 3 aromatic rings. The predicted molar refractivity (Wildman–Crippen MR) is 101 cm³/mol. The van der Waals surface area contributed by atoms with E-state index in [0.29, 0.717) is 52.8 Å². The Bertz CT molecular complexity index is 1040. The Morgan fingerprint density at radius 1 is 1.07 bits per heavy atom. The van der Waals surface area contributed by atoms with Crippen molar-refractivity contribution in [3.63, 3.8) is 0 Å². The third-order valence-electron chi connectivity index (χ3n) is 4.31. The number of hydrogen-bond acceptors (Lipinski definition) is 5. The number of ether oxygens (including phenoxy) is 1. The molecule has 0 fully saturated rings. The second-order valence-electron chi connectivity index (χ2n) is 6.33. The highest BCUT2D eigenvalue weighted by molar-refractivity contribution is 5.93. The Hall–Kier alpha value is -3.35. The zero-order chi connectivity index (χ0) is 20.1. The van der Waals surface area contributed by atoms with Gasteiger partial charge in [-0.25, -0.2) is 19.2 Å². The number of nitrogens with zero attached hydrogens (tertiary/aromatic N) is 2. The number of esters is 1. The average Bonchev–Trinajstić information content (AvgIpc) is 2.69. The molecule has 0 amide bonds. The minimum absolute atomic E-state index is 0.0722. The Morgan fingerprint density at radius 2 is 1.89 bits per heavy atom. The number of aryl methyl sites for hydroxylation is 1. The number of carboxylic acids is 1. The molecular weight excluding hydrogens is 363 g/mol. The molecule has 0 unspecified atom stereocenters. The Labute approximate surface area is 161 Å². The van der Waals surface area contributed by atoms with E-state index in [9.17, 15) is 14.0 Å². The number of aliphatic carboxylic acids is 1. The average molecular weight is 382 g/mol. The van der Waals surface area contributed by atoms with Crippen LogP contribution in [0.1, 0.15) is 35.3 Å². The minimum Gasteiger partial charge on any atom is -0.481 e. The molecule has 3 rings (SSSR count). The Morgan fingerprint density at radius 3 is 2.61 bits per heavy atom. The van der Waals surface area contributed by atoms with Gasteiger partial charge in [0.25, 0.3) is 0 Å². The molecule has 1 N–H and O–H groups in total. The maximum absolute atomic E-state index is 13.7. The maximum atomic E-state index is 13.7. The van der Waals surface area contributed by atoms with Crippen molar-refractivity contribution in [2.75, 3.05) is 7.11 Å². The van der Waals surface area contributed by atoms with E-state index in [2.05, 4.69) is 9.97 Å². The second-order valence-corrected chi connectivity index (χ2v) is 6.33. The van der Waals surface area contributed by atoms with Crippen LogP contribution in [0, 0.1) is 5.82 Å². The molecule has 28 heavy (non-hydrogen) atoms. The van der Waals surface area contributed by atoms with Crippen LogP contribution in [0.15, 0.2) is 42.5 Å². The first-order chi connectivity index (χ1) is 13.5. The molecule has 0 saturated heterocycles. The van der Waals surface area contributed by atoms with Gasteiger partial charge in [-0.05, 0) is 49.6 Å². The first-order valence-electron chi connectivity index (χ1n) is 8.84. The van der Waals surface area contributed by atoms with Crippen molar-refractivity contribution >= 4 is 23.0 Å². The minimum atomic E-state index is -0.849. The van der Waals surface area contributed by atoms with Crippen molar-refractivity contribution in [3.05, 3.63) is 59.5 Å². The topological polar surface area (TPSA) is 89.4 Å². The Kier molecular flexibility index (Phi) is 5.93. The lowest BCUT2D eigenvalue weighted by atomic mass is 10.0. The van der Waals surface area contributed by atoms with E-state index in [-0.39, 0.29) is 12.2 Å². The van der Waals surface area contributed by atoms with Crippen LogP contribution in [-0.2, 0) is 16.0 Å². The lowest BCUT2D eigenvalue weighted by Gasteiger charge is -2.11. The molecule has 7 heteroatoms. The summed E-state index contributed by atoms with van der Waals surface area (Å²) in [7, 11) is 1.30. The van der Waals surface area contributed by atoms with Crippen LogP contribution in [0.5, 0.6) is 0 Å². The summed E-state index contributed by atoms with van der Waals surface area (Å²) in [5.41, 5.74) is 3.23. The largest absolute Gasteiger partial charge is 0.481 e. The van der Waals surface area contributed by atoms with Crippen molar-refractivity contribution in [3.8, 4) is 11.3 Å². The van der Waals surface area contributed by atoms with Crippen molar-refractivity contribution in [1.82, 2.24) is 9.97 Å². The van der Waals surface area contributed by atoms with E-state index < -0.39 is 11.9 Å². The van der Waals surface area contributed by atoms with E-state index in [0.717, 1.165) is 0 Å². The van der Waals surface area contributed by atoms with Gasteiger partial charge in [-0.1, -0.05) is 12.1 Å². The molecule has 0 spiro atoms. The second kappa shape index (κ2) is 8.56. The van der Waals surface area contributed by atoms with E-state index in [1.165, 1.54) is 19.2 Å². The molecule has 1 heterocycles. The van der Waals surface area contributed by atoms with Crippen LogP contribution in [0.4, 0.5) is 4.39 Å². The summed E-state index contributed by atoms with van der Waals surface area (Å²) < 4.78 is 18.4. The molecule has 144 valence electrons. The van der Waals surface area contributed by atoms with Crippen LogP contribution in [0.25, 0.3) is 22.3 Å². The summed E-state index contributed by atoms with van der Waals surface area (Å²) in [5, 5.41) is 8.81. The van der Waals surface area contributed by atoms with Gasteiger partial charge < -0.3 is 9.84 Å². The van der Waals surface area contributed by atoms with Crippen molar-refractivity contribution < 1.29 is 23.8 Å². The highest BCUT2D eigenvalue weighted by atomic mass is 19.1. The predicted octanol–water partition coefficient (Wildman–Crippen LogP) is 4.02. The zero-order valence-electron chi connectivity index (χ0n) is 15.3. The number of carboxylic acid groups (broad SMARTS) is 1. The van der Waals surface area contributed by atoms with Crippen molar-refractivity contribution in [2.45, 2.75) is 25.7 Å². The normalized spacial score (nSPS) is 10.8. The number of aromatic nitrogens is 2. The number of unbranched alkanes of at least 4 members (excludes halogenated alkanes) is 1. The van der Waals surface area contributed by atoms with Gasteiger partial charge in [0.1, 0.15) is 5.82 Å². The van der Waals surface area contributed by atoms with E-state index in [1.54, 1.807) is 30.3 Å². The quantitative estimate of drug-likeness (QED) is 0.490. The molecule has 2 aromatic carbocycles. The molecule has 6 nitrogen and oxygen atoms in total. The van der Waals surface area contributed by atoms with E-state index in [4.69, 9.17) is 9.84 Å². The highest BCUT2D eigenvalue weighted by Crippen LogP contribution is 2.26. The van der Waals surface area contributed by atoms with Crippen LogP contribution >= 0.6 is 0 Å². The maximum Gasteiger partial charge on any atom is 0.337 e. The number of benzene rings is 2. The van der Waals surface area contributed by atoms with Gasteiger partial charge in [-0.2, -0.15) is 0 Å². The number of fused-ring (bicyclic) bond motifs is 1. The lowest BCUT2D eigenvalue weighted by molar-refractivity contribution is -0.137. The van der Waals surface area contributed by atoms with Gasteiger partial charge >= 0.3 is 11.9 Å². The SMILES string of the molecule is COC(=O)c1ccc2nc(-c3cccc(F)c3)c(CCCCC(=O)O)nc2c1. The number of halogens is 1. The van der Waals surface area contributed by atoms with Crippen LogP contribution in [-0.4, -0.2) is 34.1 Å². The summed E-state index contributed by atoms with van der Waals surface area (Å²) in [6.07, 6.45) is 1.67. The smallest absolute Gasteiger partial charge is 0.337 e.